The third kappa shape index (κ3) is 3.35. The lowest BCUT2D eigenvalue weighted by Crippen LogP contribution is -2.56. The van der Waals surface area contributed by atoms with Crippen molar-refractivity contribution in [1.29, 1.82) is 0 Å². The molecule has 6 heteroatoms. The molecule has 0 radical (unpaired) electrons. The summed E-state index contributed by atoms with van der Waals surface area (Å²) in [4.78, 5) is 24.2. The lowest BCUT2D eigenvalue weighted by molar-refractivity contribution is -0.146. The smallest absolute Gasteiger partial charge is 0.329 e. The van der Waals surface area contributed by atoms with E-state index < -0.39 is 11.5 Å². The normalized spacial score (nSPS) is 24.4. The van der Waals surface area contributed by atoms with E-state index >= 15 is 0 Å². The highest BCUT2D eigenvalue weighted by Gasteiger charge is 2.36. The third-order valence-electron chi connectivity index (χ3n) is 3.69. The maximum Gasteiger partial charge on any atom is 0.329 e. The second kappa shape index (κ2) is 5.56. The van der Waals surface area contributed by atoms with Crippen LogP contribution in [0.25, 0.3) is 0 Å². The van der Waals surface area contributed by atoms with Gasteiger partial charge in [0.15, 0.2) is 0 Å². The summed E-state index contributed by atoms with van der Waals surface area (Å²) in [6.07, 6.45) is 2.54. The number of amides is 2. The number of carboxylic acids is 1. The molecule has 0 aromatic carbocycles. The quantitative estimate of drug-likeness (QED) is 0.698. The fraction of sp³-hybridized carbons (Fsp3) is 0.833. The first kappa shape index (κ1) is 14.8. The van der Waals surface area contributed by atoms with E-state index in [0.717, 1.165) is 12.8 Å². The third-order valence-corrected chi connectivity index (χ3v) is 3.69. The molecule has 0 aromatic heterocycles. The van der Waals surface area contributed by atoms with Gasteiger partial charge in [0.2, 0.25) is 0 Å². The second-order valence-electron chi connectivity index (χ2n) is 5.38. The maximum absolute atomic E-state index is 11.9. The van der Waals surface area contributed by atoms with E-state index in [1.807, 2.05) is 0 Å². The van der Waals surface area contributed by atoms with Crippen LogP contribution in [-0.2, 0) is 4.79 Å². The van der Waals surface area contributed by atoms with Gasteiger partial charge in [-0.05, 0) is 39.5 Å². The van der Waals surface area contributed by atoms with Crippen LogP contribution in [0.1, 0.15) is 39.5 Å². The predicted molar refractivity (Wildman–Crippen MR) is 66.3 cm³/mol. The van der Waals surface area contributed by atoms with E-state index in [9.17, 15) is 14.7 Å². The van der Waals surface area contributed by atoms with Crippen LogP contribution in [0.3, 0.4) is 0 Å². The van der Waals surface area contributed by atoms with Crippen LogP contribution in [-0.4, -0.2) is 51.8 Å². The first-order valence-electron chi connectivity index (χ1n) is 6.21. The molecule has 1 rings (SSSR count). The van der Waals surface area contributed by atoms with Crippen LogP contribution >= 0.6 is 0 Å². The van der Waals surface area contributed by atoms with Crippen molar-refractivity contribution in [3.63, 3.8) is 0 Å². The summed E-state index contributed by atoms with van der Waals surface area (Å²) in [5.41, 5.74) is -1.24. The lowest BCUT2D eigenvalue weighted by atomic mass is 9.93. The van der Waals surface area contributed by atoms with Gasteiger partial charge >= 0.3 is 12.0 Å². The van der Waals surface area contributed by atoms with Crippen LogP contribution in [0, 0.1) is 0 Å². The predicted octanol–water partition coefficient (Wildman–Crippen LogP) is 0.794. The zero-order chi connectivity index (χ0) is 13.9. The number of carbonyl (C=O) groups excluding carboxylic acids is 1. The minimum Gasteiger partial charge on any atom is -0.480 e. The lowest BCUT2D eigenvalue weighted by Gasteiger charge is -2.34. The number of carbonyl (C=O) groups is 2. The second-order valence-corrected chi connectivity index (χ2v) is 5.38. The summed E-state index contributed by atoms with van der Waals surface area (Å²) in [6.45, 7) is 2.97. The summed E-state index contributed by atoms with van der Waals surface area (Å²) in [7, 11) is 1.47. The van der Waals surface area contributed by atoms with E-state index in [1.54, 1.807) is 0 Å². The van der Waals surface area contributed by atoms with Crippen molar-refractivity contribution in [2.45, 2.75) is 57.2 Å². The van der Waals surface area contributed by atoms with Gasteiger partial charge in [-0.15, -0.1) is 0 Å². The number of nitrogens with zero attached hydrogens (tertiary/aromatic N) is 1. The van der Waals surface area contributed by atoms with Crippen LogP contribution in [0.15, 0.2) is 0 Å². The van der Waals surface area contributed by atoms with Crippen molar-refractivity contribution >= 4 is 12.0 Å². The van der Waals surface area contributed by atoms with Gasteiger partial charge < -0.3 is 20.4 Å². The molecule has 1 aliphatic carbocycles. The number of hydrogen-bond donors (Lipinski definition) is 3. The van der Waals surface area contributed by atoms with Crippen LogP contribution in [0.5, 0.6) is 0 Å². The van der Waals surface area contributed by atoms with Gasteiger partial charge in [0.1, 0.15) is 5.54 Å². The SMILES string of the molecule is CN(C(=O)NC1CCC(O)CC1)C(C)(C)C(=O)O. The van der Waals surface area contributed by atoms with E-state index in [-0.39, 0.29) is 18.2 Å². The number of aliphatic hydroxyl groups is 1. The Hall–Kier alpha value is -1.30. The molecule has 0 atom stereocenters. The van der Waals surface area contributed by atoms with Gasteiger partial charge in [0, 0.05) is 13.1 Å². The fourth-order valence-corrected chi connectivity index (χ4v) is 1.89. The number of nitrogens with one attached hydrogen (secondary N) is 1. The van der Waals surface area contributed by atoms with Gasteiger partial charge in [-0.2, -0.15) is 0 Å². The Morgan fingerprint density at radius 2 is 1.72 bits per heavy atom. The Morgan fingerprint density at radius 3 is 2.17 bits per heavy atom. The number of aliphatic hydroxyl groups excluding tert-OH is 1. The van der Waals surface area contributed by atoms with Crippen LogP contribution in [0.2, 0.25) is 0 Å². The zero-order valence-corrected chi connectivity index (χ0v) is 11.1. The molecule has 0 unspecified atom stereocenters. The summed E-state index contributed by atoms with van der Waals surface area (Å²) in [5, 5.41) is 21.2. The molecule has 0 heterocycles. The first-order valence-corrected chi connectivity index (χ1v) is 6.21. The van der Waals surface area contributed by atoms with Crippen molar-refractivity contribution in [2.24, 2.45) is 0 Å². The van der Waals surface area contributed by atoms with E-state index in [0.29, 0.717) is 12.8 Å². The van der Waals surface area contributed by atoms with E-state index in [2.05, 4.69) is 5.32 Å². The van der Waals surface area contributed by atoms with Crippen molar-refractivity contribution in [3.8, 4) is 0 Å². The largest absolute Gasteiger partial charge is 0.480 e. The monoisotopic (exact) mass is 258 g/mol. The summed E-state index contributed by atoms with van der Waals surface area (Å²) in [5.74, 6) is -1.04. The molecule has 0 bridgehead atoms. The van der Waals surface area contributed by atoms with Gasteiger partial charge in [-0.1, -0.05) is 0 Å². The van der Waals surface area contributed by atoms with E-state index in [4.69, 9.17) is 5.11 Å². The minimum atomic E-state index is -1.24. The highest BCUT2D eigenvalue weighted by atomic mass is 16.4. The minimum absolute atomic E-state index is 0.0212. The Kier molecular flexibility index (Phi) is 4.56. The summed E-state index contributed by atoms with van der Waals surface area (Å²) in [6, 6.07) is -0.364. The van der Waals surface area contributed by atoms with Crippen molar-refractivity contribution < 1.29 is 19.8 Å². The molecule has 0 spiro atoms. The highest BCUT2D eigenvalue weighted by molar-refractivity contribution is 5.85. The highest BCUT2D eigenvalue weighted by Crippen LogP contribution is 2.19. The number of urea groups is 1. The first-order chi connectivity index (χ1) is 8.25. The molecule has 0 saturated heterocycles. The Morgan fingerprint density at radius 1 is 1.22 bits per heavy atom. The molecule has 0 aromatic rings. The Labute approximate surface area is 107 Å². The molecule has 104 valence electrons. The molecule has 1 saturated carbocycles. The van der Waals surface area contributed by atoms with Gasteiger partial charge in [-0.3, -0.25) is 0 Å². The van der Waals surface area contributed by atoms with Gasteiger partial charge in [0.05, 0.1) is 6.10 Å². The van der Waals surface area contributed by atoms with Crippen molar-refractivity contribution in [2.75, 3.05) is 7.05 Å². The Bertz CT molecular complexity index is 322. The number of hydrogen-bond acceptors (Lipinski definition) is 3. The standard InChI is InChI=1S/C12H22N2O4/c1-12(2,10(16)17)14(3)11(18)13-8-4-6-9(15)7-5-8/h8-9,15H,4-7H2,1-3H3,(H,13,18)(H,16,17). The fourth-order valence-electron chi connectivity index (χ4n) is 1.89. The molecular formula is C12H22N2O4. The zero-order valence-electron chi connectivity index (χ0n) is 11.1. The summed E-state index contributed by atoms with van der Waals surface area (Å²) >= 11 is 0. The maximum atomic E-state index is 11.9. The average molecular weight is 258 g/mol. The molecule has 0 aliphatic heterocycles. The number of likely N-dealkylation sites (N-methyl/N-ethyl adjacent to an activating group) is 1. The molecular weight excluding hydrogens is 236 g/mol. The van der Waals surface area contributed by atoms with Gasteiger partial charge in [0.25, 0.3) is 0 Å². The summed E-state index contributed by atoms with van der Waals surface area (Å²) < 4.78 is 0. The molecule has 1 aliphatic rings. The van der Waals surface area contributed by atoms with Crippen LogP contribution < -0.4 is 5.32 Å². The topological polar surface area (TPSA) is 89.9 Å². The van der Waals surface area contributed by atoms with Crippen LogP contribution in [0.4, 0.5) is 4.79 Å². The van der Waals surface area contributed by atoms with E-state index in [1.165, 1.54) is 25.8 Å². The van der Waals surface area contributed by atoms with Gasteiger partial charge in [-0.25, -0.2) is 9.59 Å². The molecule has 1 fully saturated rings. The van der Waals surface area contributed by atoms with Crippen molar-refractivity contribution in [3.05, 3.63) is 0 Å². The van der Waals surface area contributed by atoms with Crippen molar-refractivity contribution in [1.82, 2.24) is 10.2 Å². The molecule has 2 amide bonds. The average Bonchev–Trinajstić information content (AvgIpc) is 2.30. The number of rotatable bonds is 3. The number of aliphatic carboxylic acids is 1. The Balaban J connectivity index is 2.52. The molecule has 18 heavy (non-hydrogen) atoms. The molecule has 3 N–H and O–H groups in total. The molecule has 6 nitrogen and oxygen atoms in total. The number of carboxylic acid groups (broad SMARTS) is 1.